The van der Waals surface area contributed by atoms with Crippen LogP contribution in [-0.4, -0.2) is 43.5 Å². The highest BCUT2D eigenvalue weighted by atomic mass is 33.1. The molecule has 0 saturated heterocycles. The minimum absolute atomic E-state index is 0.0196. The fourth-order valence-corrected chi connectivity index (χ4v) is 7.69. The van der Waals surface area contributed by atoms with E-state index in [2.05, 4.69) is 20.9 Å². The smallest absolute Gasteiger partial charge is 0.340 e. The number of benzene rings is 4. The van der Waals surface area contributed by atoms with E-state index < -0.39 is 16.5 Å². The highest BCUT2D eigenvalue weighted by molar-refractivity contribution is 8.76. The molecule has 3 heterocycles. The van der Waals surface area contributed by atoms with E-state index in [0.29, 0.717) is 63.1 Å². The largest absolute Gasteiger partial charge is 0.508 e. The van der Waals surface area contributed by atoms with Crippen molar-refractivity contribution >= 4 is 67.6 Å². The summed E-state index contributed by atoms with van der Waals surface area (Å²) in [7, 11) is 3.06. The lowest BCUT2D eigenvalue weighted by Gasteiger charge is -2.36. The molecule has 4 aromatic carbocycles. The van der Waals surface area contributed by atoms with Gasteiger partial charge in [-0.25, -0.2) is 9.78 Å². The van der Waals surface area contributed by atoms with Crippen LogP contribution in [0.4, 0.5) is 22.7 Å². The van der Waals surface area contributed by atoms with E-state index >= 15 is 0 Å². The molecule has 0 saturated carbocycles. The number of thiocarbonyl (C=S) groups is 1. The molecule has 5 aromatic rings. The highest BCUT2D eigenvalue weighted by Gasteiger charge is 2.53. The quantitative estimate of drug-likeness (QED) is 0.0253. The van der Waals surface area contributed by atoms with Crippen LogP contribution in [0.2, 0.25) is 0 Å². The van der Waals surface area contributed by atoms with Gasteiger partial charge in [0, 0.05) is 52.9 Å². The Morgan fingerprint density at radius 3 is 2.27 bits per heavy atom. The third kappa shape index (κ3) is 6.26. The van der Waals surface area contributed by atoms with Crippen LogP contribution in [0.5, 0.6) is 23.0 Å². The Balaban J connectivity index is 0.992. The molecule has 0 atom stereocenters. The molecule has 0 unspecified atom stereocenters. The second-order valence-electron chi connectivity index (χ2n) is 10.9. The molecule has 5 N–H and O–H groups in total. The maximum Gasteiger partial charge on any atom is 0.340 e. The number of carbonyl (C=O) groups is 1. The number of anilines is 3. The first-order chi connectivity index (χ1) is 23.7. The zero-order valence-electron chi connectivity index (χ0n) is 25.2. The minimum atomic E-state index is -1.35. The normalized spacial score (nSPS) is 13.3. The van der Waals surface area contributed by atoms with E-state index in [0.717, 1.165) is 5.03 Å². The van der Waals surface area contributed by atoms with Crippen LogP contribution >= 0.6 is 33.8 Å². The Morgan fingerprint density at radius 2 is 1.57 bits per heavy atom. The third-order valence-electron chi connectivity index (χ3n) is 7.77. The summed E-state index contributed by atoms with van der Waals surface area (Å²) in [6.07, 6.45) is 1.65. The van der Waals surface area contributed by atoms with E-state index in [-0.39, 0.29) is 22.3 Å². The van der Waals surface area contributed by atoms with E-state index in [1.165, 1.54) is 41.1 Å². The lowest BCUT2D eigenvalue weighted by Crippen LogP contribution is -2.32. The number of hydrogen-bond acceptors (Lipinski definition) is 12. The second-order valence-corrected chi connectivity index (χ2v) is 13.7. The number of phenolic OH excluding ortho intramolecular Hbond substituents is 2. The van der Waals surface area contributed by atoms with Crippen LogP contribution < -0.4 is 20.7 Å². The number of aromatic hydroxyl groups is 2. The van der Waals surface area contributed by atoms with Crippen molar-refractivity contribution in [2.75, 3.05) is 28.2 Å². The number of nitrogens with zero attached hydrogens (tertiary/aromatic N) is 2. The van der Waals surface area contributed by atoms with E-state index in [1.807, 2.05) is 12.1 Å². The molecule has 2 aliphatic heterocycles. The molecule has 1 spiro atoms. The zero-order chi connectivity index (χ0) is 34.1. The summed E-state index contributed by atoms with van der Waals surface area (Å²) in [5.74, 6) is 0.710. The van der Waals surface area contributed by atoms with Gasteiger partial charge in [0.2, 0.25) is 0 Å². The number of para-hydroxylation sites is 2. The number of pyridine rings is 1. The summed E-state index contributed by atoms with van der Waals surface area (Å²) in [4.78, 5) is 28.6. The summed E-state index contributed by atoms with van der Waals surface area (Å²) in [6, 6.07) is 24.7. The third-order valence-corrected chi connectivity index (χ3v) is 10.2. The number of hydrogen-bond donors (Lipinski definition) is 5. The van der Waals surface area contributed by atoms with Gasteiger partial charge in [0.25, 0.3) is 5.69 Å². The summed E-state index contributed by atoms with van der Waals surface area (Å²) < 4.78 is 12.1. The maximum atomic E-state index is 13.4. The number of nitrogens with one attached hydrogen (secondary N) is 3. The van der Waals surface area contributed by atoms with Gasteiger partial charge < -0.3 is 35.6 Å². The van der Waals surface area contributed by atoms with Gasteiger partial charge in [-0.1, -0.05) is 29.0 Å². The van der Waals surface area contributed by atoms with Crippen LogP contribution in [0.1, 0.15) is 27.0 Å². The lowest BCUT2D eigenvalue weighted by molar-refractivity contribution is -0.384. The van der Waals surface area contributed by atoms with Gasteiger partial charge in [-0.15, -0.1) is 0 Å². The molecule has 246 valence electrons. The monoisotopic (exact) mass is 711 g/mol. The van der Waals surface area contributed by atoms with E-state index in [9.17, 15) is 25.1 Å². The van der Waals surface area contributed by atoms with Crippen molar-refractivity contribution in [2.45, 2.75) is 10.6 Å². The van der Waals surface area contributed by atoms with Crippen molar-refractivity contribution in [1.29, 1.82) is 0 Å². The van der Waals surface area contributed by atoms with Gasteiger partial charge in [0.05, 0.1) is 22.4 Å². The molecule has 15 heteroatoms. The Hall–Kier alpha value is -5.51. The summed E-state index contributed by atoms with van der Waals surface area (Å²) in [5, 5.41) is 41.8. The number of carbonyl (C=O) groups excluding carboxylic acids is 1. The molecular weight excluding hydrogens is 687 g/mol. The molecule has 2 aliphatic rings. The first kappa shape index (κ1) is 32.1. The molecule has 0 radical (unpaired) electrons. The van der Waals surface area contributed by atoms with Crippen LogP contribution in [0, 0.1) is 10.1 Å². The SMILES string of the molecule is O=C1OC2(c3ccc(O)cc3Oc3cc(O)ccc32)c2ccc(NC(=S)Nc3ccc(SSCCNc4ccccc4[N+](=O)[O-])nc3)cc21. The number of esters is 1. The predicted octanol–water partition coefficient (Wildman–Crippen LogP) is 7.63. The van der Waals surface area contributed by atoms with Gasteiger partial charge in [-0.3, -0.25) is 10.1 Å². The van der Waals surface area contributed by atoms with Crippen molar-refractivity contribution in [3.05, 3.63) is 130 Å². The number of aromatic nitrogens is 1. The molecular formula is C34H25N5O7S3. The first-order valence-corrected chi connectivity index (χ1v) is 17.5. The summed E-state index contributed by atoms with van der Waals surface area (Å²) in [5.41, 5.74) is 2.37. The average molecular weight is 712 g/mol. The average Bonchev–Trinajstić information content (AvgIpc) is 3.36. The van der Waals surface area contributed by atoms with Crippen LogP contribution in [0.3, 0.4) is 0 Å². The number of nitro benzene ring substituents is 1. The molecule has 0 amide bonds. The maximum absolute atomic E-state index is 13.4. The fraction of sp³-hybridized carbons (Fsp3) is 0.0882. The minimum Gasteiger partial charge on any atom is -0.508 e. The van der Waals surface area contributed by atoms with Crippen molar-refractivity contribution in [3.8, 4) is 23.0 Å². The molecule has 0 fully saturated rings. The van der Waals surface area contributed by atoms with Crippen molar-refractivity contribution < 1.29 is 29.4 Å². The molecule has 12 nitrogen and oxygen atoms in total. The van der Waals surface area contributed by atoms with Gasteiger partial charge in [-0.05, 0) is 77.6 Å². The Kier molecular flexibility index (Phi) is 8.62. The van der Waals surface area contributed by atoms with Gasteiger partial charge in [0.15, 0.2) is 10.7 Å². The lowest BCUT2D eigenvalue weighted by atomic mass is 9.77. The standard InChI is InChI=1S/C34H25N5O7S3/c40-21-7-10-25-29(16-21)45-30-17-22(41)8-11-26(30)34(25)24-9-5-19(15-23(24)32(42)46-34)37-33(47)38-20-6-12-31(36-18-20)49-48-14-13-35-27-3-1-2-4-28(27)39(43)44/h1-12,15-18,35,40-41H,13-14H2,(H2,37,38,47). The Morgan fingerprint density at radius 1 is 0.898 bits per heavy atom. The van der Waals surface area contributed by atoms with Crippen LogP contribution in [0.15, 0.2) is 102 Å². The first-order valence-electron chi connectivity index (χ1n) is 14.7. The summed E-state index contributed by atoms with van der Waals surface area (Å²) in [6.45, 7) is 0.549. The predicted molar refractivity (Wildman–Crippen MR) is 192 cm³/mol. The van der Waals surface area contributed by atoms with Crippen LogP contribution in [0.25, 0.3) is 0 Å². The van der Waals surface area contributed by atoms with Gasteiger partial charge in [-0.2, -0.15) is 0 Å². The number of nitro groups is 1. The van der Waals surface area contributed by atoms with Gasteiger partial charge >= 0.3 is 5.97 Å². The molecule has 1 aromatic heterocycles. The Bertz CT molecular complexity index is 2080. The van der Waals surface area contributed by atoms with Crippen LogP contribution in [-0.2, 0) is 10.3 Å². The van der Waals surface area contributed by atoms with Crippen molar-refractivity contribution in [2.24, 2.45) is 0 Å². The zero-order valence-corrected chi connectivity index (χ0v) is 27.7. The molecule has 49 heavy (non-hydrogen) atoms. The number of rotatable bonds is 9. The van der Waals surface area contributed by atoms with Crippen molar-refractivity contribution in [3.63, 3.8) is 0 Å². The van der Waals surface area contributed by atoms with Crippen molar-refractivity contribution in [1.82, 2.24) is 4.98 Å². The molecule has 0 aliphatic carbocycles. The Labute approximate surface area is 292 Å². The second kappa shape index (κ2) is 13.2. The topological polar surface area (TPSA) is 168 Å². The fourth-order valence-electron chi connectivity index (χ4n) is 5.69. The highest BCUT2D eigenvalue weighted by Crippen LogP contribution is 2.57. The van der Waals surface area contributed by atoms with E-state index in [4.69, 9.17) is 21.7 Å². The number of phenols is 2. The van der Waals surface area contributed by atoms with Gasteiger partial charge in [0.1, 0.15) is 33.7 Å². The summed E-state index contributed by atoms with van der Waals surface area (Å²) >= 11 is 5.53. The molecule has 7 rings (SSSR count). The number of ether oxygens (including phenoxy) is 2. The molecule has 0 bridgehead atoms. The van der Waals surface area contributed by atoms with E-state index in [1.54, 1.807) is 65.5 Å². The number of fused-ring (bicyclic) bond motifs is 6.